The maximum atomic E-state index is 14.2. The Bertz CT molecular complexity index is 1550. The van der Waals surface area contributed by atoms with Crippen LogP contribution in [0.1, 0.15) is 10.5 Å². The lowest BCUT2D eigenvalue weighted by atomic mass is 10.1. The van der Waals surface area contributed by atoms with Crippen molar-refractivity contribution in [1.82, 2.24) is 15.2 Å². The van der Waals surface area contributed by atoms with Crippen LogP contribution >= 0.6 is 11.3 Å². The van der Waals surface area contributed by atoms with E-state index >= 15 is 0 Å². The highest BCUT2D eigenvalue weighted by Crippen LogP contribution is 2.35. The predicted octanol–water partition coefficient (Wildman–Crippen LogP) is 6.28. The van der Waals surface area contributed by atoms with Crippen molar-refractivity contribution < 1.29 is 18.7 Å². The van der Waals surface area contributed by atoms with Gasteiger partial charge in [0.1, 0.15) is 28.0 Å². The lowest BCUT2D eigenvalue weighted by Crippen LogP contribution is -2.13. The normalized spacial score (nSPS) is 10.8. The molecule has 2 aromatic heterocycles. The fourth-order valence-corrected chi connectivity index (χ4v) is 4.60. The number of halogens is 1. The molecule has 5 aromatic rings. The molecule has 36 heavy (non-hydrogen) atoms. The molecule has 180 valence electrons. The second kappa shape index (κ2) is 10.0. The Balaban J connectivity index is 1.41. The van der Waals surface area contributed by atoms with Crippen molar-refractivity contribution in [2.24, 2.45) is 0 Å². The van der Waals surface area contributed by atoms with Gasteiger partial charge in [0.2, 0.25) is 0 Å². The van der Waals surface area contributed by atoms with Crippen molar-refractivity contribution in [2.45, 2.75) is 0 Å². The molecule has 0 aliphatic rings. The number of anilines is 1. The zero-order valence-electron chi connectivity index (χ0n) is 19.4. The minimum atomic E-state index is -0.368. The summed E-state index contributed by atoms with van der Waals surface area (Å²) in [5, 5.41) is 12.4. The van der Waals surface area contributed by atoms with E-state index in [0.717, 1.165) is 5.56 Å². The topological polar surface area (TPSA) is 89.1 Å². The van der Waals surface area contributed by atoms with Crippen LogP contribution in [-0.2, 0) is 0 Å². The monoisotopic (exact) mass is 500 g/mol. The van der Waals surface area contributed by atoms with Gasteiger partial charge < -0.3 is 14.8 Å². The van der Waals surface area contributed by atoms with Gasteiger partial charge in [-0.3, -0.25) is 9.89 Å². The van der Waals surface area contributed by atoms with Crippen LogP contribution < -0.4 is 14.8 Å². The molecular weight excluding hydrogens is 479 g/mol. The lowest BCUT2D eigenvalue weighted by molar-refractivity contribution is 0.102. The van der Waals surface area contributed by atoms with Crippen LogP contribution in [0.2, 0.25) is 0 Å². The first-order chi connectivity index (χ1) is 17.6. The number of benzene rings is 3. The largest absolute Gasteiger partial charge is 0.497 e. The van der Waals surface area contributed by atoms with Crippen molar-refractivity contribution >= 4 is 22.9 Å². The van der Waals surface area contributed by atoms with Crippen molar-refractivity contribution in [3.8, 4) is 44.6 Å². The quantitative estimate of drug-likeness (QED) is 0.275. The van der Waals surface area contributed by atoms with Gasteiger partial charge in [0, 0.05) is 22.1 Å². The molecule has 0 atom stereocenters. The number of aromatic amines is 1. The maximum absolute atomic E-state index is 14.2. The Hall–Kier alpha value is -4.50. The Labute approximate surface area is 210 Å². The van der Waals surface area contributed by atoms with Crippen molar-refractivity contribution in [2.75, 3.05) is 19.5 Å². The van der Waals surface area contributed by atoms with Gasteiger partial charge in [0.25, 0.3) is 5.91 Å². The van der Waals surface area contributed by atoms with Gasteiger partial charge in [-0.1, -0.05) is 30.3 Å². The molecule has 7 nitrogen and oxygen atoms in total. The summed E-state index contributed by atoms with van der Waals surface area (Å²) in [7, 11) is 3.15. The summed E-state index contributed by atoms with van der Waals surface area (Å²) < 4.78 is 25.0. The number of ether oxygens (including phenoxy) is 2. The summed E-state index contributed by atoms with van der Waals surface area (Å²) in [5.41, 5.74) is 3.87. The molecule has 5 rings (SSSR count). The molecule has 1 amide bonds. The van der Waals surface area contributed by atoms with Crippen LogP contribution in [0.15, 0.2) is 78.2 Å². The van der Waals surface area contributed by atoms with Crippen LogP contribution in [0.5, 0.6) is 11.5 Å². The number of H-pyrrole nitrogens is 1. The number of para-hydroxylation sites is 1. The van der Waals surface area contributed by atoms with Crippen LogP contribution in [0.3, 0.4) is 0 Å². The van der Waals surface area contributed by atoms with Crippen molar-refractivity contribution in [3.63, 3.8) is 0 Å². The van der Waals surface area contributed by atoms with E-state index in [0.29, 0.717) is 44.7 Å². The zero-order valence-corrected chi connectivity index (χ0v) is 20.2. The number of amides is 1. The average Bonchev–Trinajstić information content (AvgIpc) is 3.60. The fourth-order valence-electron chi connectivity index (χ4n) is 3.75. The first-order valence-corrected chi connectivity index (χ1v) is 11.8. The van der Waals surface area contributed by atoms with Gasteiger partial charge in [-0.05, 0) is 42.5 Å². The Kier molecular flexibility index (Phi) is 6.46. The average molecular weight is 501 g/mol. The molecular formula is C27H21FN4O3S. The summed E-state index contributed by atoms with van der Waals surface area (Å²) in [6.07, 6.45) is 0. The fraction of sp³-hybridized carbons (Fsp3) is 0.0741. The molecule has 3 aromatic carbocycles. The molecule has 2 heterocycles. The number of methoxy groups -OCH3 is 2. The number of nitrogens with one attached hydrogen (secondary N) is 2. The van der Waals surface area contributed by atoms with E-state index in [1.165, 1.54) is 17.4 Å². The van der Waals surface area contributed by atoms with Gasteiger partial charge in [0.15, 0.2) is 0 Å². The van der Waals surface area contributed by atoms with E-state index in [4.69, 9.17) is 9.47 Å². The van der Waals surface area contributed by atoms with E-state index in [-0.39, 0.29) is 17.4 Å². The molecule has 0 aliphatic heterocycles. The molecule has 0 unspecified atom stereocenters. The molecule has 0 saturated heterocycles. The summed E-state index contributed by atoms with van der Waals surface area (Å²) in [5.74, 6) is 0.552. The maximum Gasteiger partial charge on any atom is 0.273 e. The van der Waals surface area contributed by atoms with Gasteiger partial charge >= 0.3 is 0 Å². The Morgan fingerprint density at radius 2 is 1.69 bits per heavy atom. The zero-order chi connectivity index (χ0) is 25.1. The van der Waals surface area contributed by atoms with Gasteiger partial charge in [-0.25, -0.2) is 9.37 Å². The summed E-state index contributed by atoms with van der Waals surface area (Å²) >= 11 is 1.34. The second-order valence-electron chi connectivity index (χ2n) is 7.75. The molecule has 2 N–H and O–H groups in total. The van der Waals surface area contributed by atoms with Crippen LogP contribution in [0.25, 0.3) is 33.1 Å². The van der Waals surface area contributed by atoms with Gasteiger partial charge in [-0.15, -0.1) is 11.3 Å². The number of hydrogen-bond donors (Lipinski definition) is 2. The first kappa shape index (κ1) is 23.3. The molecule has 0 spiro atoms. The third-order valence-corrected chi connectivity index (χ3v) is 6.44. The summed E-state index contributed by atoms with van der Waals surface area (Å²) in [6, 6.07) is 20.8. The third kappa shape index (κ3) is 4.56. The smallest absolute Gasteiger partial charge is 0.273 e. The number of carbonyl (C=O) groups is 1. The van der Waals surface area contributed by atoms with Crippen LogP contribution in [0.4, 0.5) is 10.1 Å². The number of nitrogens with zero attached hydrogens (tertiary/aromatic N) is 2. The molecule has 0 radical (unpaired) electrons. The molecule has 0 bridgehead atoms. The Morgan fingerprint density at radius 1 is 0.917 bits per heavy atom. The molecule has 0 aliphatic carbocycles. The minimum absolute atomic E-state index is 0.273. The molecule has 9 heteroatoms. The van der Waals surface area contributed by atoms with E-state index in [1.807, 2.05) is 23.6 Å². The highest BCUT2D eigenvalue weighted by Gasteiger charge is 2.18. The predicted molar refractivity (Wildman–Crippen MR) is 138 cm³/mol. The SMILES string of the molecule is COc1ccc(OC)c(-c2cc(C(=O)Nc3ccccc3-c3csc(-c4ccccc4F)n3)[nH]n2)c1. The van der Waals surface area contributed by atoms with E-state index in [9.17, 15) is 9.18 Å². The van der Waals surface area contributed by atoms with Crippen molar-refractivity contribution in [3.05, 3.63) is 89.7 Å². The minimum Gasteiger partial charge on any atom is -0.497 e. The Morgan fingerprint density at radius 3 is 2.47 bits per heavy atom. The second-order valence-corrected chi connectivity index (χ2v) is 8.61. The van der Waals surface area contributed by atoms with Crippen LogP contribution in [-0.4, -0.2) is 35.3 Å². The summed E-state index contributed by atoms with van der Waals surface area (Å²) in [6.45, 7) is 0. The lowest BCUT2D eigenvalue weighted by Gasteiger charge is -2.09. The van der Waals surface area contributed by atoms with Gasteiger partial charge in [0.05, 0.1) is 31.3 Å². The van der Waals surface area contributed by atoms with E-state index in [1.54, 1.807) is 62.8 Å². The van der Waals surface area contributed by atoms with Gasteiger partial charge in [-0.2, -0.15) is 5.10 Å². The van der Waals surface area contributed by atoms with Crippen LogP contribution in [0, 0.1) is 5.82 Å². The molecule has 0 fully saturated rings. The van der Waals surface area contributed by atoms with E-state index < -0.39 is 0 Å². The number of hydrogen-bond acceptors (Lipinski definition) is 6. The van der Waals surface area contributed by atoms with Crippen molar-refractivity contribution in [1.29, 1.82) is 0 Å². The molecule has 0 saturated carbocycles. The highest BCUT2D eigenvalue weighted by atomic mass is 32.1. The number of rotatable bonds is 7. The first-order valence-electron chi connectivity index (χ1n) is 11.0. The highest BCUT2D eigenvalue weighted by molar-refractivity contribution is 7.13. The van der Waals surface area contributed by atoms with E-state index in [2.05, 4.69) is 20.5 Å². The third-order valence-electron chi connectivity index (χ3n) is 5.56. The number of thiazole rings is 1. The summed E-state index contributed by atoms with van der Waals surface area (Å²) in [4.78, 5) is 17.7. The standard InChI is InChI=1S/C27H21FN4O3S/c1-34-16-11-12-25(35-2)19(13-16)22-14-23(32-31-22)26(33)29-21-10-6-4-8-18(21)24-15-36-27(30-24)17-7-3-5-9-20(17)28/h3-15H,1-2H3,(H,29,33)(H,31,32). The number of aromatic nitrogens is 3. The number of carbonyl (C=O) groups excluding carboxylic acids is 1.